The van der Waals surface area contributed by atoms with Gasteiger partial charge in [0.2, 0.25) is 0 Å². The molecular weight excluding hydrogens is 524 g/mol. The van der Waals surface area contributed by atoms with Gasteiger partial charge in [0, 0.05) is 35.5 Å². The molecule has 1 heterocycles. The summed E-state index contributed by atoms with van der Waals surface area (Å²) in [6.45, 7) is 3.71. The zero-order valence-corrected chi connectivity index (χ0v) is 21.2. The number of nitrogens with one attached hydrogen (secondary N) is 1. The lowest BCUT2D eigenvalue weighted by Gasteiger charge is -2.29. The molecular formula is C23H21Cl4N3O4. The number of hydrogen-bond acceptors (Lipinski definition) is 4. The van der Waals surface area contributed by atoms with Crippen molar-refractivity contribution in [2.24, 2.45) is 5.92 Å². The van der Waals surface area contributed by atoms with Crippen LogP contribution in [0.4, 0.5) is 10.5 Å². The van der Waals surface area contributed by atoms with E-state index in [-0.39, 0.29) is 12.5 Å². The number of rotatable bonds is 8. The molecule has 0 spiro atoms. The molecule has 2 atom stereocenters. The van der Waals surface area contributed by atoms with Crippen LogP contribution in [0.25, 0.3) is 22.6 Å². The predicted molar refractivity (Wildman–Crippen MR) is 135 cm³/mol. The molecule has 3 aromatic rings. The summed E-state index contributed by atoms with van der Waals surface area (Å²) in [6, 6.07) is 13.4. The van der Waals surface area contributed by atoms with E-state index >= 15 is 0 Å². The lowest BCUT2D eigenvalue weighted by Crippen LogP contribution is -2.44. The molecule has 0 fully saturated rings. The molecule has 7 nitrogen and oxygen atoms in total. The summed E-state index contributed by atoms with van der Waals surface area (Å²) in [5, 5.41) is 16.4. The maximum Gasteiger partial charge on any atom is 0.404 e. The number of amides is 2. The highest BCUT2D eigenvalue weighted by molar-refractivity contribution is 6.54. The zero-order valence-electron chi connectivity index (χ0n) is 18.1. The molecule has 0 aliphatic heterocycles. The van der Waals surface area contributed by atoms with Gasteiger partial charge in [0.25, 0.3) is 5.91 Å². The smallest absolute Gasteiger partial charge is 0.404 e. The van der Waals surface area contributed by atoms with Crippen molar-refractivity contribution in [3.05, 3.63) is 58.6 Å². The van der Waals surface area contributed by atoms with Crippen molar-refractivity contribution >= 4 is 64.1 Å². The minimum atomic E-state index is -1.29. The topological polar surface area (TPSA) is 95.7 Å². The Bertz CT molecular complexity index is 1160. The third kappa shape index (κ3) is 6.16. The van der Waals surface area contributed by atoms with E-state index in [1.54, 1.807) is 55.5 Å². The summed E-state index contributed by atoms with van der Waals surface area (Å²) in [4.78, 5) is 23.9. The second-order valence-electron chi connectivity index (χ2n) is 7.69. The lowest BCUT2D eigenvalue weighted by molar-refractivity contribution is -0.117. The molecule has 0 aliphatic carbocycles. The van der Waals surface area contributed by atoms with Gasteiger partial charge in [0.1, 0.15) is 5.69 Å². The summed E-state index contributed by atoms with van der Waals surface area (Å²) < 4.78 is 5.52. The Balaban J connectivity index is 1.93. The molecule has 3 rings (SSSR count). The minimum absolute atomic E-state index is 0.177. The summed E-state index contributed by atoms with van der Waals surface area (Å²) in [6.07, 6.45) is -1.15. The molecule has 1 aromatic heterocycles. The number of anilines is 1. The first kappa shape index (κ1) is 26.2. The van der Waals surface area contributed by atoms with Crippen molar-refractivity contribution in [2.75, 3.05) is 11.4 Å². The van der Waals surface area contributed by atoms with Gasteiger partial charge in [-0.2, -0.15) is 0 Å². The van der Waals surface area contributed by atoms with Gasteiger partial charge < -0.3 is 19.8 Å². The van der Waals surface area contributed by atoms with Gasteiger partial charge in [-0.25, -0.2) is 4.79 Å². The minimum Gasteiger partial charge on any atom is -0.465 e. The molecule has 0 saturated heterocycles. The van der Waals surface area contributed by atoms with E-state index in [4.69, 9.17) is 56.0 Å². The highest BCUT2D eigenvalue weighted by Crippen LogP contribution is 2.36. The van der Waals surface area contributed by atoms with Crippen LogP contribution in [0.2, 0.25) is 10.0 Å². The number of nitrogens with zero attached hydrogens (tertiary/aromatic N) is 2. The van der Waals surface area contributed by atoms with Crippen LogP contribution in [0.15, 0.2) is 53.1 Å². The number of benzene rings is 2. The van der Waals surface area contributed by atoms with E-state index in [1.165, 1.54) is 4.90 Å². The van der Waals surface area contributed by atoms with E-state index in [0.717, 1.165) is 0 Å². The molecule has 2 amide bonds. The third-order valence-corrected chi connectivity index (χ3v) is 6.30. The maximum atomic E-state index is 12.8. The Hall–Kier alpha value is -2.45. The largest absolute Gasteiger partial charge is 0.465 e. The second kappa shape index (κ2) is 11.3. The Labute approximate surface area is 216 Å². The Morgan fingerprint density at radius 2 is 1.74 bits per heavy atom. The Kier molecular flexibility index (Phi) is 8.71. The van der Waals surface area contributed by atoms with Gasteiger partial charge >= 0.3 is 6.09 Å². The predicted octanol–water partition coefficient (Wildman–Crippen LogP) is 6.74. The average molecular weight is 545 g/mol. The highest BCUT2D eigenvalue weighted by Gasteiger charge is 2.27. The van der Waals surface area contributed by atoms with Gasteiger partial charge in [0.05, 0.1) is 10.0 Å². The van der Waals surface area contributed by atoms with E-state index < -0.39 is 22.9 Å². The quantitative estimate of drug-likeness (QED) is 0.306. The molecule has 0 saturated carbocycles. The highest BCUT2D eigenvalue weighted by atomic mass is 35.5. The van der Waals surface area contributed by atoms with Crippen molar-refractivity contribution in [1.29, 1.82) is 0 Å². The van der Waals surface area contributed by atoms with Crippen LogP contribution in [0.5, 0.6) is 0 Å². The van der Waals surface area contributed by atoms with E-state index in [1.807, 2.05) is 6.92 Å². The van der Waals surface area contributed by atoms with Gasteiger partial charge in [-0.15, -0.1) is 0 Å². The lowest BCUT2D eigenvalue weighted by atomic mass is 10.0. The van der Waals surface area contributed by atoms with E-state index in [9.17, 15) is 9.59 Å². The van der Waals surface area contributed by atoms with Gasteiger partial charge in [-0.05, 0) is 37.1 Å². The van der Waals surface area contributed by atoms with Crippen LogP contribution < -0.4 is 10.2 Å². The third-order valence-electron chi connectivity index (χ3n) is 5.30. The van der Waals surface area contributed by atoms with Crippen molar-refractivity contribution in [3.63, 3.8) is 0 Å². The molecule has 2 unspecified atom stereocenters. The van der Waals surface area contributed by atoms with Crippen LogP contribution >= 0.6 is 46.4 Å². The first-order valence-corrected chi connectivity index (χ1v) is 11.8. The summed E-state index contributed by atoms with van der Waals surface area (Å²) >= 11 is 24.3. The molecule has 0 bridgehead atoms. The number of carbonyl (C=O) groups is 2. The monoisotopic (exact) mass is 543 g/mol. The first-order chi connectivity index (χ1) is 16.1. The van der Waals surface area contributed by atoms with E-state index in [2.05, 4.69) is 10.5 Å². The fourth-order valence-electron chi connectivity index (χ4n) is 3.32. The van der Waals surface area contributed by atoms with Gasteiger partial charge in [0.15, 0.2) is 10.6 Å². The van der Waals surface area contributed by atoms with Gasteiger partial charge in [-0.1, -0.05) is 76.7 Å². The standard InChI is InChI=1S/C23H21Cl4N3O4/c1-12(13(2)28-23(32)33)11-30(22(31)21(26)27)15-6-3-5-14(9-15)19-10-18(29-34-19)20-16(24)7-4-8-17(20)25/h3-10,12-13,21,28H,11H2,1-2H3,(H,32,33). The van der Waals surface area contributed by atoms with Crippen molar-refractivity contribution < 1.29 is 19.2 Å². The van der Waals surface area contributed by atoms with Crippen molar-refractivity contribution in [1.82, 2.24) is 10.5 Å². The molecule has 2 aromatic carbocycles. The average Bonchev–Trinajstić information content (AvgIpc) is 3.26. The number of halogens is 4. The van der Waals surface area contributed by atoms with Gasteiger partial charge in [-0.3, -0.25) is 4.79 Å². The molecule has 2 N–H and O–H groups in total. The molecule has 0 aliphatic rings. The molecule has 11 heteroatoms. The normalized spacial score (nSPS) is 12.9. The van der Waals surface area contributed by atoms with Crippen LogP contribution in [-0.4, -0.2) is 39.7 Å². The molecule has 34 heavy (non-hydrogen) atoms. The second-order valence-corrected chi connectivity index (χ2v) is 9.60. The number of carbonyl (C=O) groups excluding carboxylic acids is 1. The Morgan fingerprint density at radius 1 is 1.09 bits per heavy atom. The number of hydrogen-bond donors (Lipinski definition) is 2. The SMILES string of the molecule is CC(CN(C(=O)C(Cl)Cl)c1cccc(-c2cc(-c3c(Cl)cccc3Cl)no2)c1)C(C)NC(=O)O. The Morgan fingerprint density at radius 3 is 2.35 bits per heavy atom. The maximum absolute atomic E-state index is 12.8. The summed E-state index contributed by atoms with van der Waals surface area (Å²) in [7, 11) is 0. The fraction of sp³-hybridized carbons (Fsp3) is 0.261. The summed E-state index contributed by atoms with van der Waals surface area (Å²) in [5.41, 5.74) is 2.17. The van der Waals surface area contributed by atoms with Crippen LogP contribution in [0, 0.1) is 5.92 Å². The van der Waals surface area contributed by atoms with Crippen LogP contribution in [-0.2, 0) is 4.79 Å². The van der Waals surface area contributed by atoms with Crippen molar-refractivity contribution in [2.45, 2.75) is 24.7 Å². The molecule has 180 valence electrons. The zero-order chi connectivity index (χ0) is 25.0. The number of carboxylic acid groups (broad SMARTS) is 1. The van der Waals surface area contributed by atoms with Crippen LogP contribution in [0.1, 0.15) is 13.8 Å². The van der Waals surface area contributed by atoms with Crippen LogP contribution in [0.3, 0.4) is 0 Å². The number of alkyl halides is 2. The number of aromatic nitrogens is 1. The first-order valence-electron chi connectivity index (χ1n) is 10.2. The van der Waals surface area contributed by atoms with Crippen molar-refractivity contribution in [3.8, 4) is 22.6 Å². The molecule has 0 radical (unpaired) electrons. The summed E-state index contributed by atoms with van der Waals surface area (Å²) in [5.74, 6) is -0.339. The fourth-order valence-corrected chi connectivity index (χ4v) is 4.15. The van der Waals surface area contributed by atoms with E-state index in [0.29, 0.717) is 38.3 Å².